The molecule has 2 aliphatic heterocycles. The first-order valence-electron chi connectivity index (χ1n) is 9.08. The number of rotatable bonds is 5. The molecule has 7 heteroatoms. The first kappa shape index (κ1) is 18.2. The topological polar surface area (TPSA) is 67.1 Å². The Labute approximate surface area is 153 Å². The van der Waals surface area contributed by atoms with Crippen molar-refractivity contribution >= 4 is 29.3 Å². The van der Waals surface area contributed by atoms with Crippen LogP contribution in [0.5, 0.6) is 0 Å². The maximum absolute atomic E-state index is 12.5. The number of piperidine rings is 1. The van der Waals surface area contributed by atoms with Gasteiger partial charge in [0.1, 0.15) is 0 Å². The molecule has 1 saturated heterocycles. The van der Waals surface area contributed by atoms with Crippen LogP contribution in [0.4, 0.5) is 5.69 Å². The third kappa shape index (κ3) is 4.54. The van der Waals surface area contributed by atoms with Crippen LogP contribution in [0.3, 0.4) is 0 Å². The highest BCUT2D eigenvalue weighted by Crippen LogP contribution is 2.34. The maximum Gasteiger partial charge on any atom is 0.294 e. The number of likely N-dealkylation sites (tertiary alicyclic amines) is 1. The summed E-state index contributed by atoms with van der Waals surface area (Å²) in [6.45, 7) is 3.65. The van der Waals surface area contributed by atoms with Gasteiger partial charge in [-0.1, -0.05) is 11.8 Å². The average molecular weight is 365 g/mol. The van der Waals surface area contributed by atoms with Gasteiger partial charge in [-0.25, -0.2) is 0 Å². The van der Waals surface area contributed by atoms with Crippen LogP contribution < -0.4 is 20.4 Å². The summed E-state index contributed by atoms with van der Waals surface area (Å²) in [5.74, 6) is -0.0322. The van der Waals surface area contributed by atoms with Crippen molar-refractivity contribution in [1.82, 2.24) is 5.32 Å². The normalized spacial score (nSPS) is 20.9. The van der Waals surface area contributed by atoms with Gasteiger partial charge in [-0.2, -0.15) is 0 Å². The molecule has 1 aromatic rings. The summed E-state index contributed by atoms with van der Waals surface area (Å²) in [4.78, 5) is 28.5. The minimum atomic E-state index is -0.0907. The first-order chi connectivity index (χ1) is 12.0. The molecule has 0 aromatic heterocycles. The van der Waals surface area contributed by atoms with Crippen LogP contribution in [0, 0.1) is 0 Å². The molecule has 2 heterocycles. The van der Waals surface area contributed by atoms with Gasteiger partial charge in [0.2, 0.25) is 5.37 Å². The number of quaternary nitrogens is 2. The van der Waals surface area contributed by atoms with E-state index in [0.717, 1.165) is 30.2 Å². The van der Waals surface area contributed by atoms with Crippen LogP contribution in [0.2, 0.25) is 0 Å². The van der Waals surface area contributed by atoms with Crippen LogP contribution in [0.25, 0.3) is 0 Å². The van der Waals surface area contributed by atoms with Crippen molar-refractivity contribution < 1.29 is 19.4 Å². The third-order valence-electron chi connectivity index (χ3n) is 4.76. The molecule has 1 atom stereocenters. The minimum Gasteiger partial charge on any atom is -0.346 e. The van der Waals surface area contributed by atoms with E-state index in [0.29, 0.717) is 12.1 Å². The number of benzene rings is 1. The largest absolute Gasteiger partial charge is 0.346 e. The second-order valence-corrected chi connectivity index (χ2v) is 8.28. The molecule has 2 amide bonds. The van der Waals surface area contributed by atoms with Crippen molar-refractivity contribution in [2.24, 2.45) is 0 Å². The molecule has 6 nitrogen and oxygen atoms in total. The molecule has 1 aromatic carbocycles. The monoisotopic (exact) mass is 364 g/mol. The van der Waals surface area contributed by atoms with Gasteiger partial charge in [-0.3, -0.25) is 9.59 Å². The molecule has 1 unspecified atom stereocenters. The van der Waals surface area contributed by atoms with Gasteiger partial charge in [-0.15, -0.1) is 0 Å². The fourth-order valence-electron chi connectivity index (χ4n) is 3.32. The van der Waals surface area contributed by atoms with Crippen LogP contribution in [0.15, 0.2) is 23.1 Å². The van der Waals surface area contributed by atoms with Crippen LogP contribution in [0.1, 0.15) is 29.6 Å². The zero-order valence-electron chi connectivity index (χ0n) is 15.0. The van der Waals surface area contributed by atoms with E-state index in [1.165, 1.54) is 29.1 Å². The Morgan fingerprint density at radius 2 is 2.08 bits per heavy atom. The van der Waals surface area contributed by atoms with Gasteiger partial charge in [0.15, 0.2) is 0 Å². The van der Waals surface area contributed by atoms with Gasteiger partial charge in [0.05, 0.1) is 46.0 Å². The van der Waals surface area contributed by atoms with Gasteiger partial charge in [0.25, 0.3) is 11.8 Å². The van der Waals surface area contributed by atoms with E-state index in [-0.39, 0.29) is 17.2 Å². The van der Waals surface area contributed by atoms with E-state index in [2.05, 4.69) is 24.7 Å². The van der Waals surface area contributed by atoms with Crippen molar-refractivity contribution in [1.29, 1.82) is 0 Å². The summed E-state index contributed by atoms with van der Waals surface area (Å²) in [6, 6.07) is 5.60. The number of fused-ring (bicyclic) bond motifs is 1. The lowest BCUT2D eigenvalue weighted by Gasteiger charge is -2.33. The molecule has 0 bridgehead atoms. The maximum atomic E-state index is 12.5. The Morgan fingerprint density at radius 3 is 2.80 bits per heavy atom. The lowest BCUT2D eigenvalue weighted by Crippen LogP contribution is -3.17. The molecule has 3 rings (SSSR count). The smallest absolute Gasteiger partial charge is 0.294 e. The van der Waals surface area contributed by atoms with Crippen molar-refractivity contribution in [3.8, 4) is 0 Å². The molecule has 0 aliphatic carbocycles. The second-order valence-electron chi connectivity index (χ2n) is 7.13. The fourth-order valence-corrected chi connectivity index (χ4v) is 4.52. The summed E-state index contributed by atoms with van der Waals surface area (Å²) < 4.78 is 0. The zero-order chi connectivity index (χ0) is 17.8. The summed E-state index contributed by atoms with van der Waals surface area (Å²) >= 11 is 1.63. The number of nitrogens with one attached hydrogen (secondary N) is 4. The van der Waals surface area contributed by atoms with Crippen molar-refractivity contribution in [3.63, 3.8) is 0 Å². The van der Waals surface area contributed by atoms with E-state index >= 15 is 0 Å². The predicted octanol–water partition coefficient (Wildman–Crippen LogP) is -1.000. The Kier molecular flexibility index (Phi) is 5.98. The van der Waals surface area contributed by atoms with E-state index in [1.807, 2.05) is 12.1 Å². The minimum absolute atomic E-state index is 0.0585. The quantitative estimate of drug-likeness (QED) is 0.542. The molecule has 2 aliphatic rings. The third-order valence-corrected chi connectivity index (χ3v) is 6.15. The molecule has 25 heavy (non-hydrogen) atoms. The number of thioether (sulfide) groups is 1. The Balaban J connectivity index is 1.66. The highest BCUT2D eigenvalue weighted by Gasteiger charge is 2.36. The highest BCUT2D eigenvalue weighted by atomic mass is 32.2. The molecule has 4 N–H and O–H groups in total. The highest BCUT2D eigenvalue weighted by molar-refractivity contribution is 8.00. The van der Waals surface area contributed by atoms with Gasteiger partial charge >= 0.3 is 0 Å². The molecule has 0 radical (unpaired) electrons. The Bertz CT molecular complexity index is 644. The molecule has 0 spiro atoms. The number of amides is 2. The van der Waals surface area contributed by atoms with E-state index in [9.17, 15) is 9.59 Å². The van der Waals surface area contributed by atoms with Crippen LogP contribution in [-0.4, -0.2) is 57.5 Å². The lowest BCUT2D eigenvalue weighted by molar-refractivity contribution is -0.906. The molecule has 1 fully saturated rings. The second kappa shape index (κ2) is 8.21. The number of hydrogen-bond donors (Lipinski definition) is 4. The summed E-state index contributed by atoms with van der Waals surface area (Å²) in [5.41, 5.74) is 1.35. The predicted molar refractivity (Wildman–Crippen MR) is 99.3 cm³/mol. The molecular weight excluding hydrogens is 336 g/mol. The van der Waals surface area contributed by atoms with Crippen LogP contribution >= 0.6 is 11.8 Å². The number of carbonyl (C=O) groups excluding carboxylic acids is 2. The summed E-state index contributed by atoms with van der Waals surface area (Å²) in [7, 11) is 4.11. The number of likely N-dealkylation sites (N-methyl/N-ethyl adjacent to an activating group) is 1. The number of carbonyl (C=O) groups is 2. The van der Waals surface area contributed by atoms with Gasteiger partial charge < -0.3 is 20.4 Å². The summed E-state index contributed by atoms with van der Waals surface area (Å²) in [5, 5.41) is 5.86. The molecule has 136 valence electrons. The number of hydrogen-bond acceptors (Lipinski definition) is 3. The zero-order valence-corrected chi connectivity index (χ0v) is 15.8. The Morgan fingerprint density at radius 1 is 1.32 bits per heavy atom. The van der Waals surface area contributed by atoms with E-state index in [4.69, 9.17) is 0 Å². The lowest BCUT2D eigenvalue weighted by atomic mass is 10.1. The fraction of sp³-hybridized carbons (Fsp3) is 0.556. The average Bonchev–Trinajstić information content (AvgIpc) is 2.61. The van der Waals surface area contributed by atoms with E-state index < -0.39 is 0 Å². The van der Waals surface area contributed by atoms with Crippen LogP contribution in [-0.2, 0) is 4.79 Å². The van der Waals surface area contributed by atoms with Crippen molar-refractivity contribution in [2.75, 3.05) is 45.6 Å². The SMILES string of the molecule is C[NH+](C)CCNC(=O)c1ccc2c(c1)NC(=O)C([NH+]1CCCCC1)S2. The first-order valence-corrected chi connectivity index (χ1v) is 9.96. The molecule has 0 saturated carbocycles. The van der Waals surface area contributed by atoms with Crippen molar-refractivity contribution in [2.45, 2.75) is 29.5 Å². The number of anilines is 1. The summed E-state index contributed by atoms with van der Waals surface area (Å²) in [6.07, 6.45) is 3.66. The van der Waals surface area contributed by atoms with E-state index in [1.54, 1.807) is 17.8 Å². The molecular formula is C18H28N4O2S+2. The van der Waals surface area contributed by atoms with Crippen molar-refractivity contribution in [3.05, 3.63) is 23.8 Å². The Hall–Kier alpha value is -1.57. The van der Waals surface area contributed by atoms with Gasteiger partial charge in [-0.05, 0) is 37.5 Å². The van der Waals surface area contributed by atoms with Gasteiger partial charge in [0, 0.05) is 10.5 Å². The standard InChI is InChI=1S/C18H26N4O2S/c1-21(2)11-8-19-16(23)13-6-7-15-14(12-13)20-17(24)18(25-15)22-9-4-3-5-10-22/h6-7,12,18H,3-5,8-11H2,1-2H3,(H,19,23)(H,20,24)/p+2.